The number of aryl methyl sites for hydroxylation is 1. The first-order chi connectivity index (χ1) is 17.8. The maximum Gasteiger partial charge on any atom is 0.573 e. The topological polar surface area (TPSA) is 68.2 Å². The summed E-state index contributed by atoms with van der Waals surface area (Å²) < 4.78 is 66.4. The summed E-state index contributed by atoms with van der Waals surface area (Å²) >= 11 is 0. The van der Waals surface area contributed by atoms with E-state index >= 15 is 0 Å². The molecule has 10 heteroatoms. The first kappa shape index (κ1) is 25.2. The number of nitrogens with zero attached hydrogens (tertiary/aromatic N) is 1. The second-order valence-electron chi connectivity index (χ2n) is 8.90. The third-order valence-corrected chi connectivity index (χ3v) is 6.29. The highest BCUT2D eigenvalue weighted by molar-refractivity contribution is 5.70. The van der Waals surface area contributed by atoms with E-state index < -0.39 is 6.36 Å². The van der Waals surface area contributed by atoms with Gasteiger partial charge in [-0.1, -0.05) is 12.1 Å². The van der Waals surface area contributed by atoms with Crippen LogP contribution in [0.2, 0.25) is 0 Å². The monoisotopic (exact) mass is 517 g/mol. The first-order valence-corrected chi connectivity index (χ1v) is 11.9. The van der Waals surface area contributed by atoms with Crippen molar-refractivity contribution in [2.45, 2.75) is 39.0 Å². The van der Waals surface area contributed by atoms with Crippen molar-refractivity contribution in [2.75, 3.05) is 26.4 Å². The fourth-order valence-corrected chi connectivity index (χ4v) is 4.56. The molecule has 37 heavy (non-hydrogen) atoms. The average Bonchev–Trinajstić information content (AvgIpc) is 2.88. The van der Waals surface area contributed by atoms with E-state index in [0.29, 0.717) is 55.5 Å². The highest BCUT2D eigenvalue weighted by Crippen LogP contribution is 2.36. The van der Waals surface area contributed by atoms with Gasteiger partial charge in [-0.25, -0.2) is 0 Å². The molecular weight excluding hydrogens is 491 g/mol. The number of rotatable bonds is 7. The van der Waals surface area contributed by atoms with Gasteiger partial charge in [0.1, 0.15) is 30.8 Å². The number of aromatic nitrogens is 1. The lowest BCUT2D eigenvalue weighted by Crippen LogP contribution is -2.34. The van der Waals surface area contributed by atoms with E-state index in [-0.39, 0.29) is 30.5 Å². The number of ether oxygens (including phenoxy) is 5. The molecule has 1 aromatic heterocycles. The maximum atomic E-state index is 12.8. The minimum atomic E-state index is -4.75. The highest BCUT2D eigenvalue weighted by atomic mass is 19.4. The second kappa shape index (κ2) is 10.5. The predicted octanol–water partition coefficient (Wildman–Crippen LogP) is 4.65. The van der Waals surface area contributed by atoms with Crippen LogP contribution in [0.25, 0.3) is 11.3 Å². The Hall–Kier alpha value is -3.50. The van der Waals surface area contributed by atoms with Gasteiger partial charge in [0.15, 0.2) is 11.3 Å². The van der Waals surface area contributed by atoms with Crippen molar-refractivity contribution in [3.63, 3.8) is 0 Å². The van der Waals surface area contributed by atoms with Crippen LogP contribution < -0.4 is 19.6 Å². The molecule has 1 unspecified atom stereocenters. The van der Waals surface area contributed by atoms with Crippen LogP contribution in [0.5, 0.6) is 17.4 Å². The van der Waals surface area contributed by atoms with Gasteiger partial charge in [-0.05, 0) is 54.8 Å². The average molecular weight is 518 g/mol. The van der Waals surface area contributed by atoms with Gasteiger partial charge >= 0.3 is 6.36 Å². The van der Waals surface area contributed by atoms with Crippen molar-refractivity contribution in [1.82, 2.24) is 4.57 Å². The molecule has 2 aliphatic rings. The van der Waals surface area contributed by atoms with Crippen LogP contribution in [0.15, 0.2) is 53.3 Å². The Morgan fingerprint density at radius 2 is 1.92 bits per heavy atom. The minimum Gasteiger partial charge on any atom is -0.489 e. The van der Waals surface area contributed by atoms with Gasteiger partial charge in [0.2, 0.25) is 0 Å². The van der Waals surface area contributed by atoms with E-state index in [1.165, 1.54) is 24.3 Å². The van der Waals surface area contributed by atoms with Crippen LogP contribution in [0.4, 0.5) is 13.2 Å². The molecule has 0 spiro atoms. The molecule has 0 aliphatic carbocycles. The third-order valence-electron chi connectivity index (χ3n) is 6.29. The molecule has 0 bridgehead atoms. The fraction of sp³-hybridized carbons (Fsp3) is 0.370. The van der Waals surface area contributed by atoms with Gasteiger partial charge in [0.05, 0.1) is 25.5 Å². The first-order valence-electron chi connectivity index (χ1n) is 11.9. The van der Waals surface area contributed by atoms with E-state index in [1.807, 2.05) is 16.7 Å². The second-order valence-corrected chi connectivity index (χ2v) is 8.90. The molecule has 5 rings (SSSR count). The lowest BCUT2D eigenvalue weighted by molar-refractivity contribution is -0.274. The molecule has 0 amide bonds. The van der Waals surface area contributed by atoms with Crippen LogP contribution in [0, 0.1) is 6.92 Å². The number of pyridine rings is 1. The summed E-state index contributed by atoms with van der Waals surface area (Å²) in [5, 5.41) is 0. The lowest BCUT2D eigenvalue weighted by Gasteiger charge is -2.28. The van der Waals surface area contributed by atoms with Crippen LogP contribution in [0.1, 0.15) is 16.7 Å². The summed E-state index contributed by atoms with van der Waals surface area (Å²) in [6.07, 6.45) is -4.24. The zero-order chi connectivity index (χ0) is 26.0. The summed E-state index contributed by atoms with van der Waals surface area (Å²) in [4.78, 5) is 12.8. The molecule has 7 nitrogen and oxygen atoms in total. The molecule has 2 aliphatic heterocycles. The van der Waals surface area contributed by atoms with Crippen LogP contribution in [0.3, 0.4) is 0 Å². The van der Waals surface area contributed by atoms with Crippen molar-refractivity contribution in [3.8, 4) is 28.6 Å². The van der Waals surface area contributed by atoms with Crippen LogP contribution in [-0.4, -0.2) is 43.5 Å². The Bertz CT molecular complexity index is 1330. The summed E-state index contributed by atoms with van der Waals surface area (Å²) in [5.74, 6) is 0.778. The molecule has 1 atom stereocenters. The van der Waals surface area contributed by atoms with Crippen molar-refractivity contribution in [3.05, 3.63) is 75.4 Å². The Morgan fingerprint density at radius 1 is 1.05 bits per heavy atom. The summed E-state index contributed by atoms with van der Waals surface area (Å²) in [5.41, 5.74) is 3.78. The van der Waals surface area contributed by atoms with Crippen molar-refractivity contribution in [1.29, 1.82) is 0 Å². The van der Waals surface area contributed by atoms with Crippen molar-refractivity contribution < 1.29 is 36.9 Å². The fourth-order valence-electron chi connectivity index (χ4n) is 4.56. The molecule has 196 valence electrons. The lowest BCUT2D eigenvalue weighted by atomic mass is 9.94. The summed E-state index contributed by atoms with van der Waals surface area (Å²) in [6.45, 7) is 4.31. The SMILES string of the molecule is Cc1c2n(c(OCC3COCCO3)cc1=O)CCc1cc(OCc3cccc(OC(F)(F)F)c3)ccc1-2. The van der Waals surface area contributed by atoms with E-state index in [2.05, 4.69) is 4.74 Å². The summed E-state index contributed by atoms with van der Waals surface area (Å²) in [7, 11) is 0. The third kappa shape index (κ3) is 5.91. The van der Waals surface area contributed by atoms with E-state index in [0.717, 1.165) is 16.8 Å². The van der Waals surface area contributed by atoms with Gasteiger partial charge in [-0.3, -0.25) is 4.79 Å². The molecule has 2 aromatic carbocycles. The van der Waals surface area contributed by atoms with Gasteiger partial charge in [-0.2, -0.15) is 0 Å². The van der Waals surface area contributed by atoms with Crippen LogP contribution in [-0.2, 0) is 29.0 Å². The highest BCUT2D eigenvalue weighted by Gasteiger charge is 2.31. The molecule has 0 N–H and O–H groups in total. The quantitative estimate of drug-likeness (QED) is 0.455. The van der Waals surface area contributed by atoms with Crippen molar-refractivity contribution >= 4 is 0 Å². The van der Waals surface area contributed by atoms with Gasteiger partial charge in [-0.15, -0.1) is 13.2 Å². The standard InChI is InChI=1S/C27H26F3NO6/c1-17-24(32)13-25(36-16-22-15-33-9-10-34-22)31-8-7-19-12-20(5-6-23(19)26(17)31)35-14-18-3-2-4-21(11-18)37-27(28,29)30/h2-6,11-13,22H,7-10,14-16H2,1H3. The number of halogens is 3. The zero-order valence-corrected chi connectivity index (χ0v) is 20.2. The number of hydrogen-bond acceptors (Lipinski definition) is 6. The Labute approximate surface area is 211 Å². The number of fused-ring (bicyclic) bond motifs is 3. The number of benzene rings is 2. The largest absolute Gasteiger partial charge is 0.573 e. The smallest absolute Gasteiger partial charge is 0.489 e. The van der Waals surface area contributed by atoms with E-state index in [1.54, 1.807) is 19.1 Å². The van der Waals surface area contributed by atoms with Gasteiger partial charge < -0.3 is 28.3 Å². The normalized spacial score (nSPS) is 17.0. The minimum absolute atomic E-state index is 0.0772. The number of hydrogen-bond donors (Lipinski definition) is 0. The molecule has 1 saturated heterocycles. The molecule has 3 aromatic rings. The summed E-state index contributed by atoms with van der Waals surface area (Å²) in [6, 6.07) is 12.8. The van der Waals surface area contributed by atoms with Crippen molar-refractivity contribution in [2.24, 2.45) is 0 Å². The van der Waals surface area contributed by atoms with Crippen LogP contribution >= 0.6 is 0 Å². The Kier molecular flexibility index (Phi) is 7.12. The molecule has 3 heterocycles. The zero-order valence-electron chi connectivity index (χ0n) is 20.2. The van der Waals surface area contributed by atoms with E-state index in [4.69, 9.17) is 18.9 Å². The van der Waals surface area contributed by atoms with E-state index in [9.17, 15) is 18.0 Å². The maximum absolute atomic E-state index is 12.8. The van der Waals surface area contributed by atoms with Gasteiger partial charge in [0.25, 0.3) is 0 Å². The Morgan fingerprint density at radius 3 is 2.70 bits per heavy atom. The molecule has 1 fully saturated rings. The molecule has 0 radical (unpaired) electrons. The molecule has 0 saturated carbocycles. The number of alkyl halides is 3. The predicted molar refractivity (Wildman–Crippen MR) is 128 cm³/mol. The van der Waals surface area contributed by atoms with Gasteiger partial charge in [0, 0.05) is 23.7 Å². The Balaban J connectivity index is 1.33. The molecular formula is C27H26F3NO6.